The van der Waals surface area contributed by atoms with Gasteiger partial charge >= 0.3 is 0 Å². The Hall–Kier alpha value is -1.66. The summed E-state index contributed by atoms with van der Waals surface area (Å²) in [6.45, 7) is 0.749. The van der Waals surface area contributed by atoms with Crippen molar-refractivity contribution < 1.29 is 9.53 Å². The molecule has 5 nitrogen and oxygen atoms in total. The molecule has 0 atom stereocenters. The Morgan fingerprint density at radius 2 is 2.33 bits per heavy atom. The molecule has 3 N–H and O–H groups in total. The molecule has 0 bridgehead atoms. The third-order valence-corrected chi connectivity index (χ3v) is 4.72. The number of hydrogen-bond acceptors (Lipinski definition) is 5. The lowest BCUT2D eigenvalue weighted by Crippen LogP contribution is -2.20. The first-order chi connectivity index (χ1) is 10.2. The third kappa shape index (κ3) is 3.71. The van der Waals surface area contributed by atoms with Crippen LogP contribution in [-0.4, -0.2) is 24.1 Å². The molecule has 0 radical (unpaired) electrons. The van der Waals surface area contributed by atoms with E-state index in [4.69, 9.17) is 10.5 Å². The van der Waals surface area contributed by atoms with Crippen molar-refractivity contribution in [2.45, 2.75) is 25.7 Å². The first-order valence-electron chi connectivity index (χ1n) is 7.24. The van der Waals surface area contributed by atoms with Crippen molar-refractivity contribution in [3.63, 3.8) is 0 Å². The minimum absolute atomic E-state index is 0.0881. The quantitative estimate of drug-likeness (QED) is 0.635. The highest BCUT2D eigenvalue weighted by molar-refractivity contribution is 7.22. The molecule has 0 unspecified atom stereocenters. The number of hydrogen-bond donors (Lipinski definition) is 2. The fourth-order valence-corrected chi connectivity index (χ4v) is 3.28. The zero-order chi connectivity index (χ0) is 14.7. The van der Waals surface area contributed by atoms with Crippen LogP contribution in [0.5, 0.6) is 0 Å². The van der Waals surface area contributed by atoms with E-state index in [-0.39, 0.29) is 12.5 Å². The van der Waals surface area contributed by atoms with Crippen LogP contribution in [0.25, 0.3) is 10.2 Å². The van der Waals surface area contributed by atoms with E-state index in [0.717, 1.165) is 22.6 Å². The number of rotatable bonds is 6. The molecule has 1 aliphatic rings. The van der Waals surface area contributed by atoms with Gasteiger partial charge in [-0.05, 0) is 30.5 Å². The van der Waals surface area contributed by atoms with Crippen molar-refractivity contribution in [2.75, 3.05) is 24.3 Å². The standard InChI is InChI=1S/C15H19N3O2S/c16-11-4-5-12-13(8-11)21-15(17-12)18-14(19)9-20-7-6-10-2-1-3-10/h4-5,8,10H,1-3,6-7,9,16H2,(H,17,18,19). The van der Waals surface area contributed by atoms with Gasteiger partial charge in [0.15, 0.2) is 5.13 Å². The number of aromatic nitrogens is 1. The zero-order valence-corrected chi connectivity index (χ0v) is 12.6. The van der Waals surface area contributed by atoms with Crippen LogP contribution in [0.3, 0.4) is 0 Å². The monoisotopic (exact) mass is 305 g/mol. The van der Waals surface area contributed by atoms with Gasteiger partial charge in [-0.25, -0.2) is 4.98 Å². The van der Waals surface area contributed by atoms with Crippen molar-refractivity contribution in [2.24, 2.45) is 5.92 Å². The first kappa shape index (κ1) is 14.3. The molecule has 112 valence electrons. The molecule has 1 aliphatic carbocycles. The summed E-state index contributed by atoms with van der Waals surface area (Å²) in [5, 5.41) is 3.36. The Bertz CT molecular complexity index is 637. The van der Waals surface area contributed by atoms with E-state index in [1.165, 1.54) is 30.6 Å². The number of carbonyl (C=O) groups is 1. The van der Waals surface area contributed by atoms with Crippen molar-refractivity contribution >= 4 is 38.3 Å². The summed E-state index contributed by atoms with van der Waals surface area (Å²) >= 11 is 1.42. The van der Waals surface area contributed by atoms with Gasteiger partial charge in [-0.15, -0.1) is 0 Å². The Labute approximate surface area is 127 Å². The molecule has 1 aromatic heterocycles. The van der Waals surface area contributed by atoms with E-state index >= 15 is 0 Å². The molecule has 0 saturated heterocycles. The molecule has 2 aromatic rings. The van der Waals surface area contributed by atoms with E-state index in [1.807, 2.05) is 12.1 Å². The normalized spacial score (nSPS) is 15.0. The van der Waals surface area contributed by atoms with Crippen molar-refractivity contribution in [1.82, 2.24) is 4.98 Å². The number of carbonyl (C=O) groups excluding carboxylic acids is 1. The van der Waals surface area contributed by atoms with Gasteiger partial charge < -0.3 is 10.5 Å². The van der Waals surface area contributed by atoms with Gasteiger partial charge in [-0.1, -0.05) is 30.6 Å². The fourth-order valence-electron chi connectivity index (χ4n) is 2.35. The highest BCUT2D eigenvalue weighted by atomic mass is 32.1. The van der Waals surface area contributed by atoms with Crippen LogP contribution in [0.2, 0.25) is 0 Å². The fraction of sp³-hybridized carbons (Fsp3) is 0.467. The Morgan fingerprint density at radius 3 is 3.10 bits per heavy atom. The Balaban J connectivity index is 1.46. The highest BCUT2D eigenvalue weighted by Crippen LogP contribution is 2.29. The van der Waals surface area contributed by atoms with E-state index in [1.54, 1.807) is 6.07 Å². The van der Waals surface area contributed by atoms with E-state index in [2.05, 4.69) is 10.3 Å². The Kier molecular flexibility index (Phi) is 4.36. The molecule has 1 heterocycles. The topological polar surface area (TPSA) is 77.2 Å². The number of nitrogens with one attached hydrogen (secondary N) is 1. The summed E-state index contributed by atoms with van der Waals surface area (Å²) in [6, 6.07) is 5.51. The van der Waals surface area contributed by atoms with Gasteiger partial charge in [0.25, 0.3) is 5.91 Å². The number of nitrogens with two attached hydrogens (primary N) is 1. The van der Waals surface area contributed by atoms with E-state index in [9.17, 15) is 4.79 Å². The maximum absolute atomic E-state index is 11.8. The molecular formula is C15H19N3O2S. The van der Waals surface area contributed by atoms with Crippen LogP contribution in [0.4, 0.5) is 10.8 Å². The van der Waals surface area contributed by atoms with Crippen molar-refractivity contribution in [3.8, 4) is 0 Å². The number of nitrogens with zero attached hydrogens (tertiary/aromatic N) is 1. The van der Waals surface area contributed by atoms with Crippen molar-refractivity contribution in [3.05, 3.63) is 18.2 Å². The summed E-state index contributed by atoms with van der Waals surface area (Å²) < 4.78 is 6.38. The molecular weight excluding hydrogens is 286 g/mol. The number of fused-ring (bicyclic) bond motifs is 1. The number of benzene rings is 1. The molecule has 6 heteroatoms. The van der Waals surface area contributed by atoms with Gasteiger partial charge in [-0.3, -0.25) is 10.1 Å². The zero-order valence-electron chi connectivity index (χ0n) is 11.8. The summed E-state index contributed by atoms with van der Waals surface area (Å²) in [5.74, 6) is 0.651. The number of nitrogen functional groups attached to an aromatic ring is 1. The molecule has 3 rings (SSSR count). The third-order valence-electron chi connectivity index (χ3n) is 3.79. The largest absolute Gasteiger partial charge is 0.399 e. The second-order valence-corrected chi connectivity index (χ2v) is 6.46. The number of thiazole rings is 1. The molecule has 1 amide bonds. The summed E-state index contributed by atoms with van der Waals surface area (Å²) in [6.07, 6.45) is 5.02. The number of amides is 1. The SMILES string of the molecule is Nc1ccc2nc(NC(=O)COCCC3CCC3)sc2c1. The van der Waals surface area contributed by atoms with Crippen LogP contribution in [-0.2, 0) is 9.53 Å². The van der Waals surface area contributed by atoms with Crippen LogP contribution < -0.4 is 11.1 Å². The molecule has 0 aliphatic heterocycles. The molecule has 1 aromatic carbocycles. The second-order valence-electron chi connectivity index (χ2n) is 5.43. The van der Waals surface area contributed by atoms with Gasteiger partial charge in [-0.2, -0.15) is 0 Å². The first-order valence-corrected chi connectivity index (χ1v) is 8.06. The summed E-state index contributed by atoms with van der Waals surface area (Å²) in [5.41, 5.74) is 7.27. The summed E-state index contributed by atoms with van der Waals surface area (Å²) in [7, 11) is 0. The number of ether oxygens (including phenoxy) is 1. The lowest BCUT2D eigenvalue weighted by Gasteiger charge is -2.24. The number of anilines is 2. The van der Waals surface area contributed by atoms with Gasteiger partial charge in [0.2, 0.25) is 0 Å². The van der Waals surface area contributed by atoms with Crippen LogP contribution in [0.1, 0.15) is 25.7 Å². The van der Waals surface area contributed by atoms with Crippen molar-refractivity contribution in [1.29, 1.82) is 0 Å². The molecule has 0 spiro atoms. The summed E-state index contributed by atoms with van der Waals surface area (Å²) in [4.78, 5) is 16.1. The maximum atomic E-state index is 11.8. The highest BCUT2D eigenvalue weighted by Gasteiger charge is 2.16. The predicted molar refractivity (Wildman–Crippen MR) is 85.4 cm³/mol. The van der Waals surface area contributed by atoms with Gasteiger partial charge in [0.1, 0.15) is 6.61 Å². The minimum Gasteiger partial charge on any atom is -0.399 e. The molecule has 21 heavy (non-hydrogen) atoms. The van der Waals surface area contributed by atoms with E-state index in [0.29, 0.717) is 17.4 Å². The maximum Gasteiger partial charge on any atom is 0.252 e. The van der Waals surface area contributed by atoms with Crippen LogP contribution in [0.15, 0.2) is 18.2 Å². The smallest absolute Gasteiger partial charge is 0.252 e. The average Bonchev–Trinajstić information content (AvgIpc) is 2.77. The van der Waals surface area contributed by atoms with Gasteiger partial charge in [0.05, 0.1) is 10.2 Å². The second kappa shape index (κ2) is 6.41. The average molecular weight is 305 g/mol. The van der Waals surface area contributed by atoms with Crippen LogP contribution >= 0.6 is 11.3 Å². The van der Waals surface area contributed by atoms with Crippen LogP contribution in [0, 0.1) is 5.92 Å². The molecule has 1 fully saturated rings. The minimum atomic E-state index is -0.157. The van der Waals surface area contributed by atoms with Gasteiger partial charge in [0, 0.05) is 12.3 Å². The Morgan fingerprint density at radius 1 is 1.48 bits per heavy atom. The lowest BCUT2D eigenvalue weighted by molar-refractivity contribution is -0.120. The molecule has 1 saturated carbocycles. The predicted octanol–water partition coefficient (Wildman–Crippen LogP) is 3.02. The van der Waals surface area contributed by atoms with E-state index < -0.39 is 0 Å². The lowest BCUT2D eigenvalue weighted by atomic mass is 9.83.